The summed E-state index contributed by atoms with van der Waals surface area (Å²) in [5, 5.41) is 8.67. The molecule has 0 spiro atoms. The normalized spacial score (nSPS) is 10.4. The third-order valence-electron chi connectivity index (χ3n) is 3.31. The summed E-state index contributed by atoms with van der Waals surface area (Å²) < 4.78 is 16.1. The first kappa shape index (κ1) is 29.0. The Bertz CT molecular complexity index is 355. The number of hydrogen-bond donors (Lipinski definition) is 3. The molecule has 28 heavy (non-hydrogen) atoms. The van der Waals surface area contributed by atoms with Crippen LogP contribution in [0.5, 0.6) is 0 Å². The Balaban J connectivity index is 0. The largest absolute Gasteiger partial charge is 0.379 e. The van der Waals surface area contributed by atoms with E-state index in [9.17, 15) is 9.59 Å². The van der Waals surface area contributed by atoms with E-state index in [4.69, 9.17) is 14.2 Å². The Morgan fingerprint density at radius 1 is 0.750 bits per heavy atom. The van der Waals surface area contributed by atoms with E-state index in [-0.39, 0.29) is 11.8 Å². The number of ether oxygens (including phenoxy) is 3. The molecule has 3 N–H and O–H groups in total. The summed E-state index contributed by atoms with van der Waals surface area (Å²) in [6.45, 7) is 12.9. The molecule has 0 aliphatic heterocycles. The molecule has 0 saturated heterocycles. The summed E-state index contributed by atoms with van der Waals surface area (Å²) >= 11 is 0. The highest BCUT2D eigenvalue weighted by Gasteiger charge is 2.03. The molecule has 0 aromatic rings. The number of amides is 2. The van der Waals surface area contributed by atoms with Crippen molar-refractivity contribution in [1.82, 2.24) is 16.0 Å². The average molecular weight is 406 g/mol. The molecule has 0 aromatic heterocycles. The third-order valence-corrected chi connectivity index (χ3v) is 3.31. The van der Waals surface area contributed by atoms with Crippen molar-refractivity contribution in [2.75, 3.05) is 66.3 Å². The van der Waals surface area contributed by atoms with Crippen molar-refractivity contribution in [2.45, 2.75) is 47.0 Å². The van der Waals surface area contributed by atoms with E-state index in [0.717, 1.165) is 13.0 Å². The lowest BCUT2D eigenvalue weighted by Crippen LogP contribution is -2.28. The van der Waals surface area contributed by atoms with E-state index in [1.807, 2.05) is 34.7 Å². The molecule has 0 rings (SSSR count). The van der Waals surface area contributed by atoms with Gasteiger partial charge in [-0.3, -0.25) is 9.59 Å². The van der Waals surface area contributed by atoms with Crippen LogP contribution in [-0.2, 0) is 23.8 Å². The van der Waals surface area contributed by atoms with Gasteiger partial charge in [-0.1, -0.05) is 27.7 Å². The van der Waals surface area contributed by atoms with Crippen LogP contribution in [-0.4, -0.2) is 78.1 Å². The molecular weight excluding hydrogens is 362 g/mol. The molecule has 0 aliphatic rings. The van der Waals surface area contributed by atoms with Crippen LogP contribution >= 0.6 is 0 Å². The number of hydrogen-bond acceptors (Lipinski definition) is 6. The van der Waals surface area contributed by atoms with Gasteiger partial charge in [0, 0.05) is 25.9 Å². The van der Waals surface area contributed by atoms with Crippen LogP contribution in [0, 0.1) is 5.92 Å². The topological polar surface area (TPSA) is 97.9 Å². The Morgan fingerprint density at radius 2 is 1.29 bits per heavy atom. The summed E-state index contributed by atoms with van der Waals surface area (Å²) in [5.41, 5.74) is 0. The lowest BCUT2D eigenvalue weighted by Gasteiger charge is -2.09. The Morgan fingerprint density at radius 3 is 1.86 bits per heavy atom. The van der Waals surface area contributed by atoms with Gasteiger partial charge in [0.1, 0.15) is 0 Å². The number of carbonyl (C=O) groups excluding carboxylic acids is 2. The third kappa shape index (κ3) is 24.8. The van der Waals surface area contributed by atoms with Crippen molar-refractivity contribution >= 4 is 11.8 Å². The van der Waals surface area contributed by atoms with Crippen LogP contribution in [0.2, 0.25) is 0 Å². The second-order valence-corrected chi connectivity index (χ2v) is 6.34. The SMILES string of the molecule is CC.CNCCCNC(=O)CCOCCOCCOCCNC(=O)CC(C)C. The molecule has 0 fully saturated rings. The zero-order valence-corrected chi connectivity index (χ0v) is 18.6. The first-order chi connectivity index (χ1) is 13.6. The quantitative estimate of drug-likeness (QED) is 0.298. The van der Waals surface area contributed by atoms with Gasteiger partial charge >= 0.3 is 0 Å². The molecule has 8 heteroatoms. The number of carbonyl (C=O) groups is 2. The summed E-state index contributed by atoms with van der Waals surface area (Å²) in [6.07, 6.45) is 1.83. The minimum absolute atomic E-state index is 0.0101. The first-order valence-electron chi connectivity index (χ1n) is 10.5. The fourth-order valence-electron chi connectivity index (χ4n) is 1.99. The number of nitrogens with one attached hydrogen (secondary N) is 3. The van der Waals surface area contributed by atoms with Gasteiger partial charge in [-0.25, -0.2) is 0 Å². The maximum Gasteiger partial charge on any atom is 0.222 e. The van der Waals surface area contributed by atoms with Crippen LogP contribution < -0.4 is 16.0 Å². The van der Waals surface area contributed by atoms with Crippen molar-refractivity contribution in [3.63, 3.8) is 0 Å². The molecule has 0 aromatic carbocycles. The molecule has 0 saturated carbocycles. The summed E-state index contributed by atoms with van der Waals surface area (Å²) in [4.78, 5) is 22.9. The maximum atomic E-state index is 11.5. The van der Waals surface area contributed by atoms with E-state index < -0.39 is 0 Å². The molecule has 0 bridgehead atoms. The summed E-state index contributed by atoms with van der Waals surface area (Å²) in [7, 11) is 1.89. The smallest absolute Gasteiger partial charge is 0.222 e. The fourth-order valence-corrected chi connectivity index (χ4v) is 1.99. The van der Waals surface area contributed by atoms with Crippen LogP contribution in [0.25, 0.3) is 0 Å². The first-order valence-corrected chi connectivity index (χ1v) is 10.5. The molecule has 2 amide bonds. The Kier molecular flexibility index (Phi) is 24.7. The van der Waals surface area contributed by atoms with Crippen molar-refractivity contribution in [1.29, 1.82) is 0 Å². The van der Waals surface area contributed by atoms with Crippen molar-refractivity contribution in [3.8, 4) is 0 Å². The van der Waals surface area contributed by atoms with Gasteiger partial charge in [0.2, 0.25) is 11.8 Å². The average Bonchev–Trinajstić information content (AvgIpc) is 2.67. The van der Waals surface area contributed by atoms with Crippen molar-refractivity contribution in [2.24, 2.45) is 5.92 Å². The lowest BCUT2D eigenvalue weighted by molar-refractivity contribution is -0.123. The minimum Gasteiger partial charge on any atom is -0.379 e. The highest BCUT2D eigenvalue weighted by Crippen LogP contribution is 1.97. The van der Waals surface area contributed by atoms with Gasteiger partial charge in [0.15, 0.2) is 0 Å². The van der Waals surface area contributed by atoms with Gasteiger partial charge in [-0.05, 0) is 25.9 Å². The molecule has 0 heterocycles. The standard InChI is InChI=1S/C18H37N3O5.C2H6/c1-16(2)15-18(23)21-8-10-25-12-14-26-13-11-24-9-5-17(22)20-7-4-6-19-3;1-2/h16,19H,4-15H2,1-3H3,(H,20,22)(H,21,23);1-2H3. The van der Waals surface area contributed by atoms with Crippen molar-refractivity contribution in [3.05, 3.63) is 0 Å². The van der Waals surface area contributed by atoms with E-state index in [1.165, 1.54) is 0 Å². The van der Waals surface area contributed by atoms with Crippen LogP contribution in [0.3, 0.4) is 0 Å². The van der Waals surface area contributed by atoms with Gasteiger partial charge in [-0.2, -0.15) is 0 Å². The summed E-state index contributed by atoms with van der Waals surface area (Å²) in [6, 6.07) is 0. The highest BCUT2D eigenvalue weighted by atomic mass is 16.5. The molecule has 0 aliphatic carbocycles. The molecule has 0 atom stereocenters. The van der Waals surface area contributed by atoms with E-state index in [2.05, 4.69) is 16.0 Å². The number of rotatable bonds is 18. The molecule has 168 valence electrons. The summed E-state index contributed by atoms with van der Waals surface area (Å²) in [5.74, 6) is 0.434. The van der Waals surface area contributed by atoms with E-state index in [1.54, 1.807) is 0 Å². The Hall–Kier alpha value is -1.22. The predicted octanol–water partition coefficient (Wildman–Crippen LogP) is 1.34. The zero-order chi connectivity index (χ0) is 21.5. The van der Waals surface area contributed by atoms with Crippen LogP contribution in [0.1, 0.15) is 47.0 Å². The predicted molar refractivity (Wildman–Crippen MR) is 112 cm³/mol. The van der Waals surface area contributed by atoms with Crippen LogP contribution in [0.4, 0.5) is 0 Å². The fraction of sp³-hybridized carbons (Fsp3) is 0.900. The van der Waals surface area contributed by atoms with Crippen molar-refractivity contribution < 1.29 is 23.8 Å². The van der Waals surface area contributed by atoms with E-state index in [0.29, 0.717) is 71.5 Å². The van der Waals surface area contributed by atoms with Gasteiger partial charge in [0.25, 0.3) is 0 Å². The minimum atomic E-state index is 0.0101. The second-order valence-electron chi connectivity index (χ2n) is 6.34. The van der Waals surface area contributed by atoms with E-state index >= 15 is 0 Å². The zero-order valence-electron chi connectivity index (χ0n) is 18.6. The molecular formula is C20H43N3O5. The monoisotopic (exact) mass is 405 g/mol. The second kappa shape index (κ2) is 23.8. The molecule has 0 unspecified atom stereocenters. The lowest BCUT2D eigenvalue weighted by atomic mass is 10.1. The van der Waals surface area contributed by atoms with Gasteiger partial charge in [0.05, 0.1) is 39.6 Å². The van der Waals surface area contributed by atoms with Gasteiger partial charge < -0.3 is 30.2 Å². The van der Waals surface area contributed by atoms with Gasteiger partial charge in [-0.15, -0.1) is 0 Å². The van der Waals surface area contributed by atoms with Crippen LogP contribution in [0.15, 0.2) is 0 Å². The Labute approximate surface area is 171 Å². The maximum absolute atomic E-state index is 11.5. The highest BCUT2D eigenvalue weighted by molar-refractivity contribution is 5.76. The molecule has 0 radical (unpaired) electrons. The molecule has 8 nitrogen and oxygen atoms in total.